The SMILES string of the molecule is NC(=O)N1CCC(CC(=O)N2CCN([C@H]3c4c(Br)cc(Cl)cc4CCc4cc(Br)c[n+]([O-])c43)CC2)CC1. The van der Waals surface area contributed by atoms with Crippen molar-refractivity contribution in [2.45, 2.75) is 38.1 Å². The highest BCUT2D eigenvalue weighted by atomic mass is 79.9. The van der Waals surface area contributed by atoms with Crippen molar-refractivity contribution in [3.05, 3.63) is 66.0 Å². The number of likely N-dealkylation sites (tertiary alicyclic amines) is 1. The molecular weight excluding hydrogens is 626 g/mol. The molecule has 5 rings (SSSR count). The number of aromatic nitrogens is 1. The number of fused-ring (bicyclic) bond motifs is 2. The van der Waals surface area contributed by atoms with E-state index >= 15 is 0 Å². The Hall–Kier alpha value is -1.88. The summed E-state index contributed by atoms with van der Waals surface area (Å²) in [7, 11) is 0. The molecule has 198 valence electrons. The van der Waals surface area contributed by atoms with Crippen LogP contribution in [0.4, 0.5) is 4.79 Å². The number of carbonyl (C=O) groups excluding carboxylic acids is 2. The molecule has 1 aliphatic carbocycles. The molecule has 1 atom stereocenters. The zero-order chi connectivity index (χ0) is 26.3. The number of nitrogens with two attached hydrogens (primary N) is 1. The molecule has 2 aromatic rings. The third-order valence-electron chi connectivity index (χ3n) is 7.92. The number of hydrogen-bond acceptors (Lipinski definition) is 4. The zero-order valence-corrected chi connectivity index (χ0v) is 24.4. The highest BCUT2D eigenvalue weighted by Gasteiger charge is 2.39. The van der Waals surface area contributed by atoms with Gasteiger partial charge in [0.05, 0.1) is 4.47 Å². The van der Waals surface area contributed by atoms with E-state index in [-0.39, 0.29) is 23.9 Å². The van der Waals surface area contributed by atoms with Crippen LogP contribution in [-0.2, 0) is 17.6 Å². The molecule has 1 aromatic carbocycles. The Bertz CT molecular complexity index is 1150. The summed E-state index contributed by atoms with van der Waals surface area (Å²) in [4.78, 5) is 30.4. The van der Waals surface area contributed by atoms with Crippen molar-refractivity contribution >= 4 is 55.4 Å². The van der Waals surface area contributed by atoms with Gasteiger partial charge in [0.1, 0.15) is 6.04 Å². The van der Waals surface area contributed by atoms with Gasteiger partial charge in [-0.2, -0.15) is 4.73 Å². The topological polar surface area (TPSA) is 96.8 Å². The Kier molecular flexibility index (Phi) is 8.00. The Morgan fingerprint density at radius 1 is 1.00 bits per heavy atom. The number of aryl methyl sites for hydroxylation is 2. The third-order valence-corrected chi connectivity index (χ3v) is 9.22. The van der Waals surface area contributed by atoms with E-state index in [1.807, 2.05) is 23.1 Å². The molecule has 3 aliphatic rings. The number of halogens is 3. The maximum Gasteiger partial charge on any atom is 0.314 e. The molecule has 0 spiro atoms. The van der Waals surface area contributed by atoms with Crippen molar-refractivity contribution < 1.29 is 14.3 Å². The molecule has 2 saturated heterocycles. The average molecular weight is 656 g/mol. The normalized spacial score (nSPS) is 20.8. The van der Waals surface area contributed by atoms with E-state index in [2.05, 4.69) is 36.8 Å². The van der Waals surface area contributed by atoms with Gasteiger partial charge in [-0.05, 0) is 76.9 Å². The van der Waals surface area contributed by atoms with Crippen LogP contribution in [0.1, 0.15) is 47.7 Å². The van der Waals surface area contributed by atoms with Crippen molar-refractivity contribution in [1.82, 2.24) is 14.7 Å². The summed E-state index contributed by atoms with van der Waals surface area (Å²) in [5, 5.41) is 13.9. The maximum atomic E-state index is 13.3. The largest absolute Gasteiger partial charge is 0.618 e. The monoisotopic (exact) mass is 653 g/mol. The predicted molar refractivity (Wildman–Crippen MR) is 148 cm³/mol. The Morgan fingerprint density at radius 3 is 2.35 bits per heavy atom. The number of rotatable bonds is 3. The summed E-state index contributed by atoms with van der Waals surface area (Å²) < 4.78 is 2.66. The molecule has 0 unspecified atom stereocenters. The lowest BCUT2D eigenvalue weighted by atomic mass is 9.93. The summed E-state index contributed by atoms with van der Waals surface area (Å²) in [5.74, 6) is 0.440. The minimum Gasteiger partial charge on any atom is -0.618 e. The number of piperidine rings is 1. The second kappa shape index (κ2) is 11.1. The smallest absolute Gasteiger partial charge is 0.314 e. The molecule has 3 heterocycles. The van der Waals surface area contributed by atoms with Crippen LogP contribution >= 0.6 is 43.5 Å². The zero-order valence-electron chi connectivity index (χ0n) is 20.5. The van der Waals surface area contributed by atoms with Gasteiger partial charge in [-0.3, -0.25) is 9.69 Å². The minimum atomic E-state index is -0.386. The standard InChI is InChI=1S/C26H30Br2ClN5O3/c27-19-12-18-2-1-17-13-20(29)14-21(28)23(17)25(24(18)34(37)15-19)32-9-7-31(8-10-32)22(35)11-16-3-5-33(6-4-16)26(30)36/h12-16,25H,1-11H2,(H2,30,36)/t25-/m0/s1. The number of carbonyl (C=O) groups is 2. The van der Waals surface area contributed by atoms with E-state index in [4.69, 9.17) is 17.3 Å². The van der Waals surface area contributed by atoms with Crippen LogP contribution in [0.5, 0.6) is 0 Å². The number of nitrogens with zero attached hydrogens (tertiary/aromatic N) is 4. The molecule has 37 heavy (non-hydrogen) atoms. The van der Waals surface area contributed by atoms with Crippen LogP contribution in [0.2, 0.25) is 5.02 Å². The number of piperazine rings is 1. The van der Waals surface area contributed by atoms with Crippen LogP contribution in [0, 0.1) is 11.1 Å². The number of pyridine rings is 1. The summed E-state index contributed by atoms with van der Waals surface area (Å²) >= 11 is 13.6. The summed E-state index contributed by atoms with van der Waals surface area (Å²) in [6, 6.07) is 5.33. The Morgan fingerprint density at radius 2 is 1.68 bits per heavy atom. The highest BCUT2D eigenvalue weighted by Crippen LogP contribution is 2.41. The second-order valence-electron chi connectivity index (χ2n) is 10.1. The van der Waals surface area contributed by atoms with Crippen LogP contribution in [0.25, 0.3) is 0 Å². The van der Waals surface area contributed by atoms with Gasteiger partial charge >= 0.3 is 6.03 Å². The van der Waals surface area contributed by atoms with Crippen molar-refractivity contribution in [2.24, 2.45) is 11.7 Å². The summed E-state index contributed by atoms with van der Waals surface area (Å²) in [6.07, 6.45) is 5.23. The van der Waals surface area contributed by atoms with Gasteiger partial charge in [-0.25, -0.2) is 4.79 Å². The van der Waals surface area contributed by atoms with E-state index in [1.165, 1.54) is 0 Å². The van der Waals surface area contributed by atoms with Crippen molar-refractivity contribution in [3.8, 4) is 0 Å². The van der Waals surface area contributed by atoms with Gasteiger partial charge in [0.15, 0.2) is 6.20 Å². The average Bonchev–Trinajstić information content (AvgIpc) is 3.02. The molecule has 2 aliphatic heterocycles. The summed E-state index contributed by atoms with van der Waals surface area (Å²) in [6.45, 7) is 3.79. The fourth-order valence-corrected chi connectivity index (χ4v) is 7.53. The van der Waals surface area contributed by atoms with Crippen LogP contribution in [-0.4, -0.2) is 65.9 Å². The lowest BCUT2D eigenvalue weighted by Crippen LogP contribution is -2.52. The molecular formula is C26H30Br2ClN5O3. The van der Waals surface area contributed by atoms with E-state index in [0.29, 0.717) is 50.7 Å². The lowest BCUT2D eigenvalue weighted by Gasteiger charge is -2.40. The Balaban J connectivity index is 1.34. The first-order chi connectivity index (χ1) is 17.7. The van der Waals surface area contributed by atoms with E-state index in [9.17, 15) is 14.8 Å². The number of urea groups is 1. The molecule has 11 heteroatoms. The van der Waals surface area contributed by atoms with Crippen molar-refractivity contribution in [2.75, 3.05) is 39.3 Å². The first kappa shape index (κ1) is 26.7. The van der Waals surface area contributed by atoms with E-state index in [0.717, 1.165) is 61.7 Å². The highest BCUT2D eigenvalue weighted by molar-refractivity contribution is 9.10. The van der Waals surface area contributed by atoms with Crippen molar-refractivity contribution in [1.29, 1.82) is 0 Å². The predicted octanol–water partition coefficient (Wildman–Crippen LogP) is 4.01. The lowest BCUT2D eigenvalue weighted by molar-refractivity contribution is -0.617. The third kappa shape index (κ3) is 5.62. The first-order valence-electron chi connectivity index (χ1n) is 12.7. The van der Waals surface area contributed by atoms with Gasteiger partial charge in [0.25, 0.3) is 0 Å². The van der Waals surface area contributed by atoms with Crippen molar-refractivity contribution in [3.63, 3.8) is 0 Å². The van der Waals surface area contributed by atoms with Crippen LogP contribution in [0.3, 0.4) is 0 Å². The number of benzene rings is 1. The fourth-order valence-electron chi connectivity index (χ4n) is 5.97. The first-order valence-corrected chi connectivity index (χ1v) is 14.6. The van der Waals surface area contributed by atoms with E-state index < -0.39 is 0 Å². The number of amides is 3. The molecule has 0 bridgehead atoms. The second-order valence-corrected chi connectivity index (χ2v) is 12.4. The molecule has 2 fully saturated rings. The van der Waals surface area contributed by atoms with Gasteiger partial charge in [0, 0.05) is 60.7 Å². The van der Waals surface area contributed by atoms with Gasteiger partial charge in [0.2, 0.25) is 11.6 Å². The summed E-state index contributed by atoms with van der Waals surface area (Å²) in [5.41, 5.74) is 9.36. The molecule has 3 amide bonds. The van der Waals surface area contributed by atoms with E-state index in [1.54, 1.807) is 11.1 Å². The number of primary amides is 1. The Labute approximate surface area is 238 Å². The number of hydrogen-bond donors (Lipinski definition) is 1. The molecule has 1 aromatic heterocycles. The van der Waals surface area contributed by atoms with Crippen LogP contribution < -0.4 is 10.5 Å². The molecule has 0 saturated carbocycles. The van der Waals surface area contributed by atoms with Crippen LogP contribution in [0.15, 0.2) is 33.3 Å². The van der Waals surface area contributed by atoms with Gasteiger partial charge in [-0.1, -0.05) is 27.5 Å². The quantitative estimate of drug-likeness (QED) is 0.400. The van der Waals surface area contributed by atoms with Gasteiger partial charge < -0.3 is 20.7 Å². The molecule has 8 nitrogen and oxygen atoms in total. The maximum absolute atomic E-state index is 13.3. The molecule has 0 radical (unpaired) electrons. The molecule has 2 N–H and O–H groups in total. The fraction of sp³-hybridized carbons (Fsp3) is 0.500. The van der Waals surface area contributed by atoms with Gasteiger partial charge in [-0.15, -0.1) is 0 Å². The minimum absolute atomic E-state index is 0.162.